The molecule has 2 bridgehead atoms. The Morgan fingerprint density at radius 1 is 1.44 bits per heavy atom. The van der Waals surface area contributed by atoms with Gasteiger partial charge in [-0.1, -0.05) is 6.42 Å². The fourth-order valence-corrected chi connectivity index (χ4v) is 3.82. The molecule has 0 radical (unpaired) electrons. The first kappa shape index (κ1) is 11.8. The summed E-state index contributed by atoms with van der Waals surface area (Å²) in [5.74, 6) is 2.43. The van der Waals surface area contributed by atoms with Crippen LogP contribution >= 0.6 is 0 Å². The quantitative estimate of drug-likeness (QED) is 0.765. The molecule has 1 aromatic heterocycles. The van der Waals surface area contributed by atoms with E-state index in [1.54, 1.807) is 0 Å². The summed E-state index contributed by atoms with van der Waals surface area (Å²) in [6.45, 7) is 3.28. The predicted octanol–water partition coefficient (Wildman–Crippen LogP) is 3.10. The van der Waals surface area contributed by atoms with Gasteiger partial charge in [0.25, 0.3) is 0 Å². The van der Waals surface area contributed by atoms with Crippen LogP contribution < -0.4 is 0 Å². The van der Waals surface area contributed by atoms with Crippen molar-refractivity contribution in [3.05, 3.63) is 24.0 Å². The van der Waals surface area contributed by atoms with Crippen molar-refractivity contribution in [2.45, 2.75) is 39.2 Å². The summed E-state index contributed by atoms with van der Waals surface area (Å²) in [7, 11) is 0. The Bertz CT molecular complexity index is 437. The Morgan fingerprint density at radius 3 is 3.00 bits per heavy atom. The van der Waals surface area contributed by atoms with Crippen molar-refractivity contribution in [3.8, 4) is 0 Å². The maximum absolute atomic E-state index is 11.8. The minimum Gasteiger partial charge on any atom is -0.461 e. The smallest absolute Gasteiger partial charge is 0.354 e. The van der Waals surface area contributed by atoms with Crippen molar-refractivity contribution in [1.82, 2.24) is 4.57 Å². The van der Waals surface area contributed by atoms with Crippen molar-refractivity contribution < 1.29 is 9.53 Å². The molecule has 0 aromatic carbocycles. The number of hydrogen-bond donors (Lipinski definition) is 0. The van der Waals surface area contributed by atoms with E-state index in [0.717, 1.165) is 24.3 Å². The molecule has 3 nitrogen and oxygen atoms in total. The molecule has 2 fully saturated rings. The summed E-state index contributed by atoms with van der Waals surface area (Å²) in [6, 6.07) is 3.81. The van der Waals surface area contributed by atoms with Gasteiger partial charge in [0.15, 0.2) is 0 Å². The fraction of sp³-hybridized carbons (Fsp3) is 0.667. The molecule has 0 aliphatic heterocycles. The third kappa shape index (κ3) is 2.06. The molecule has 1 heterocycles. The Hall–Kier alpha value is -1.25. The van der Waals surface area contributed by atoms with Gasteiger partial charge in [0.2, 0.25) is 0 Å². The molecular weight excluding hydrogens is 226 g/mol. The highest BCUT2D eigenvalue weighted by atomic mass is 16.5. The molecule has 3 rings (SSSR count). The van der Waals surface area contributed by atoms with Gasteiger partial charge in [-0.2, -0.15) is 0 Å². The van der Waals surface area contributed by atoms with E-state index in [9.17, 15) is 4.79 Å². The molecule has 2 aliphatic carbocycles. The van der Waals surface area contributed by atoms with Crippen molar-refractivity contribution in [2.24, 2.45) is 17.8 Å². The van der Waals surface area contributed by atoms with Crippen molar-refractivity contribution in [2.75, 3.05) is 6.61 Å². The molecule has 1 aromatic rings. The minimum absolute atomic E-state index is 0.189. The molecular formula is C15H21NO2. The fourth-order valence-electron chi connectivity index (χ4n) is 3.82. The number of carbonyl (C=O) groups is 1. The van der Waals surface area contributed by atoms with Crippen LogP contribution in [0.5, 0.6) is 0 Å². The van der Waals surface area contributed by atoms with Crippen LogP contribution in [0.2, 0.25) is 0 Å². The van der Waals surface area contributed by atoms with Gasteiger partial charge in [-0.3, -0.25) is 0 Å². The summed E-state index contributed by atoms with van der Waals surface area (Å²) < 4.78 is 7.18. The molecule has 0 N–H and O–H groups in total. The maximum atomic E-state index is 11.8. The van der Waals surface area contributed by atoms with Crippen LogP contribution in [-0.2, 0) is 11.3 Å². The zero-order valence-corrected chi connectivity index (χ0v) is 11.0. The van der Waals surface area contributed by atoms with Gasteiger partial charge in [0.05, 0.1) is 6.61 Å². The monoisotopic (exact) mass is 247 g/mol. The highest BCUT2D eigenvalue weighted by Gasteiger charge is 2.39. The van der Waals surface area contributed by atoms with Gasteiger partial charge >= 0.3 is 5.97 Å². The number of carbonyl (C=O) groups excluding carboxylic acids is 1. The normalized spacial score (nSPS) is 29.7. The third-order valence-electron chi connectivity index (χ3n) is 4.63. The highest BCUT2D eigenvalue weighted by molar-refractivity contribution is 5.87. The van der Waals surface area contributed by atoms with E-state index in [1.165, 1.54) is 25.7 Å². The predicted molar refractivity (Wildman–Crippen MR) is 69.3 cm³/mol. The molecule has 0 amide bonds. The van der Waals surface area contributed by atoms with E-state index in [1.807, 2.05) is 25.3 Å². The van der Waals surface area contributed by atoms with Gasteiger partial charge in [-0.25, -0.2) is 4.79 Å². The van der Waals surface area contributed by atoms with Crippen LogP contribution in [0.4, 0.5) is 0 Å². The second-order valence-electron chi connectivity index (χ2n) is 5.70. The van der Waals surface area contributed by atoms with Gasteiger partial charge < -0.3 is 9.30 Å². The molecule has 2 aliphatic rings. The number of ether oxygens (including phenoxy) is 1. The van der Waals surface area contributed by atoms with E-state index in [-0.39, 0.29) is 5.97 Å². The number of nitrogens with zero attached hydrogens (tertiary/aromatic N) is 1. The standard InChI is InChI=1S/C15H21NO2/c1-2-18-15(17)14-4-3-7-16(14)10-13-9-11-5-6-12(13)8-11/h3-4,7,11-13H,2,5-6,8-10H2,1H3. The van der Waals surface area contributed by atoms with Crippen LogP contribution in [0.1, 0.15) is 43.1 Å². The largest absolute Gasteiger partial charge is 0.461 e. The zero-order valence-electron chi connectivity index (χ0n) is 11.0. The average molecular weight is 247 g/mol. The molecule has 3 unspecified atom stereocenters. The number of aromatic nitrogens is 1. The molecule has 3 atom stereocenters. The van der Waals surface area contributed by atoms with Gasteiger partial charge in [-0.05, 0) is 56.1 Å². The van der Waals surface area contributed by atoms with Gasteiger partial charge in [-0.15, -0.1) is 0 Å². The summed E-state index contributed by atoms with van der Waals surface area (Å²) >= 11 is 0. The second-order valence-corrected chi connectivity index (χ2v) is 5.70. The van der Waals surface area contributed by atoms with Crippen LogP contribution in [0, 0.1) is 17.8 Å². The molecule has 0 spiro atoms. The van der Waals surface area contributed by atoms with Crippen LogP contribution in [0.15, 0.2) is 18.3 Å². The molecule has 2 saturated carbocycles. The minimum atomic E-state index is -0.189. The molecule has 98 valence electrons. The van der Waals surface area contributed by atoms with Crippen LogP contribution in [0.25, 0.3) is 0 Å². The third-order valence-corrected chi connectivity index (χ3v) is 4.63. The van der Waals surface area contributed by atoms with Crippen molar-refractivity contribution in [1.29, 1.82) is 0 Å². The second kappa shape index (κ2) is 4.79. The number of esters is 1. The first-order valence-electron chi connectivity index (χ1n) is 7.10. The topological polar surface area (TPSA) is 31.2 Å². The maximum Gasteiger partial charge on any atom is 0.354 e. The zero-order chi connectivity index (χ0) is 12.5. The van der Waals surface area contributed by atoms with Gasteiger partial charge in [0, 0.05) is 12.7 Å². The molecule has 18 heavy (non-hydrogen) atoms. The Balaban J connectivity index is 1.69. The summed E-state index contributed by atoms with van der Waals surface area (Å²) in [5.41, 5.74) is 0.708. The lowest BCUT2D eigenvalue weighted by Crippen LogP contribution is -2.20. The summed E-state index contributed by atoms with van der Waals surface area (Å²) in [5, 5.41) is 0. The van der Waals surface area contributed by atoms with E-state index in [0.29, 0.717) is 12.3 Å². The van der Waals surface area contributed by atoms with E-state index in [2.05, 4.69) is 4.57 Å². The lowest BCUT2D eigenvalue weighted by Gasteiger charge is -2.23. The Labute approximate surface area is 108 Å². The van der Waals surface area contributed by atoms with Gasteiger partial charge in [0.1, 0.15) is 5.69 Å². The number of rotatable bonds is 4. The van der Waals surface area contributed by atoms with E-state index in [4.69, 9.17) is 4.74 Å². The van der Waals surface area contributed by atoms with Crippen LogP contribution in [-0.4, -0.2) is 17.1 Å². The lowest BCUT2D eigenvalue weighted by atomic mass is 9.89. The lowest BCUT2D eigenvalue weighted by molar-refractivity contribution is 0.0511. The Morgan fingerprint density at radius 2 is 2.33 bits per heavy atom. The first-order chi connectivity index (χ1) is 8.78. The van der Waals surface area contributed by atoms with Crippen molar-refractivity contribution in [3.63, 3.8) is 0 Å². The number of fused-ring (bicyclic) bond motifs is 2. The molecule has 3 heteroatoms. The SMILES string of the molecule is CCOC(=O)c1cccn1CC1CC2CCC1C2. The summed E-state index contributed by atoms with van der Waals surface area (Å²) in [4.78, 5) is 11.8. The Kier molecular flexibility index (Phi) is 3.14. The van der Waals surface area contributed by atoms with Crippen molar-refractivity contribution >= 4 is 5.97 Å². The highest BCUT2D eigenvalue weighted by Crippen LogP contribution is 2.48. The molecule has 0 saturated heterocycles. The first-order valence-corrected chi connectivity index (χ1v) is 7.10. The number of hydrogen-bond acceptors (Lipinski definition) is 2. The van der Waals surface area contributed by atoms with E-state index < -0.39 is 0 Å². The van der Waals surface area contributed by atoms with Crippen LogP contribution in [0.3, 0.4) is 0 Å². The summed E-state index contributed by atoms with van der Waals surface area (Å²) in [6.07, 6.45) is 7.60. The van der Waals surface area contributed by atoms with E-state index >= 15 is 0 Å². The average Bonchev–Trinajstić information content (AvgIpc) is 3.04.